The molecule has 0 atom stereocenters. The first-order valence-electron chi connectivity index (χ1n) is 10.8. The second-order valence-electron chi connectivity index (χ2n) is 7.93. The van der Waals surface area contributed by atoms with Gasteiger partial charge in [-0.3, -0.25) is 9.59 Å². The van der Waals surface area contributed by atoms with Crippen LogP contribution < -0.4 is 5.32 Å². The maximum atomic E-state index is 13.2. The Labute approximate surface area is 184 Å². The molecule has 0 aromatic heterocycles. The zero-order valence-electron chi connectivity index (χ0n) is 18.3. The van der Waals surface area contributed by atoms with Crippen molar-refractivity contribution in [2.75, 3.05) is 26.7 Å². The largest absolute Gasteiger partial charge is 0.508 e. The standard InChI is InChI=1S/C25H31N3O3/c1-3-27(2)25(31)23(17-19-8-7-11-22(30)16-19)24(26-18-29)28-14-12-21(13-15-28)20-9-5-4-6-10-20/h4-11,16,18,21,30H,3,12-15,17H2,1-2H3,(H,26,29)/b24-23+. The molecule has 2 N–H and O–H groups in total. The molecule has 2 aromatic carbocycles. The van der Waals surface area contributed by atoms with E-state index in [1.165, 1.54) is 5.56 Å². The third-order valence-corrected chi connectivity index (χ3v) is 5.93. The van der Waals surface area contributed by atoms with Gasteiger partial charge in [-0.2, -0.15) is 0 Å². The fourth-order valence-corrected chi connectivity index (χ4v) is 4.09. The SMILES string of the molecule is CCN(C)C(=O)/C(Cc1cccc(O)c1)=C(\NC=O)N1CCC(c2ccccc2)CC1. The highest BCUT2D eigenvalue weighted by Crippen LogP contribution is 2.30. The average molecular weight is 422 g/mol. The molecule has 1 saturated heterocycles. The van der Waals surface area contributed by atoms with Crippen molar-refractivity contribution in [2.45, 2.75) is 32.1 Å². The van der Waals surface area contributed by atoms with E-state index >= 15 is 0 Å². The number of phenols is 1. The maximum absolute atomic E-state index is 13.2. The Morgan fingerprint density at radius 1 is 1.16 bits per heavy atom. The van der Waals surface area contributed by atoms with Gasteiger partial charge >= 0.3 is 0 Å². The number of piperidine rings is 1. The smallest absolute Gasteiger partial charge is 0.253 e. The highest BCUT2D eigenvalue weighted by atomic mass is 16.3. The number of hydrogen-bond acceptors (Lipinski definition) is 4. The summed E-state index contributed by atoms with van der Waals surface area (Å²) in [6, 6.07) is 17.4. The molecule has 1 aliphatic heterocycles. The predicted molar refractivity (Wildman–Crippen MR) is 121 cm³/mol. The lowest BCUT2D eigenvalue weighted by Gasteiger charge is -2.36. The van der Waals surface area contributed by atoms with Crippen LogP contribution in [0.15, 0.2) is 66.0 Å². The third kappa shape index (κ3) is 5.66. The van der Waals surface area contributed by atoms with Crippen LogP contribution in [0.25, 0.3) is 0 Å². The molecule has 1 fully saturated rings. The van der Waals surface area contributed by atoms with Crippen molar-refractivity contribution in [1.82, 2.24) is 15.1 Å². The number of benzene rings is 2. The molecule has 3 rings (SSSR count). The minimum atomic E-state index is -0.125. The van der Waals surface area contributed by atoms with Crippen LogP contribution in [0, 0.1) is 0 Å². The van der Waals surface area contributed by atoms with Gasteiger partial charge in [0.2, 0.25) is 6.41 Å². The van der Waals surface area contributed by atoms with E-state index in [9.17, 15) is 14.7 Å². The van der Waals surface area contributed by atoms with Crippen LogP contribution in [-0.2, 0) is 16.0 Å². The van der Waals surface area contributed by atoms with Gasteiger partial charge in [0.15, 0.2) is 0 Å². The van der Waals surface area contributed by atoms with Crippen LogP contribution in [0.3, 0.4) is 0 Å². The minimum Gasteiger partial charge on any atom is -0.508 e. The number of likely N-dealkylation sites (N-methyl/N-ethyl adjacent to an activating group) is 1. The monoisotopic (exact) mass is 421 g/mol. The molecule has 0 bridgehead atoms. The molecule has 2 aromatic rings. The molecule has 164 valence electrons. The number of amides is 2. The number of rotatable bonds is 8. The van der Waals surface area contributed by atoms with E-state index in [1.807, 2.05) is 19.1 Å². The van der Waals surface area contributed by atoms with Gasteiger partial charge in [-0.15, -0.1) is 0 Å². The van der Waals surface area contributed by atoms with Crippen LogP contribution in [0.2, 0.25) is 0 Å². The van der Waals surface area contributed by atoms with E-state index in [0.717, 1.165) is 31.5 Å². The zero-order valence-corrected chi connectivity index (χ0v) is 18.3. The normalized spacial score (nSPS) is 15.2. The summed E-state index contributed by atoms with van der Waals surface area (Å²) in [5.41, 5.74) is 2.68. The summed E-state index contributed by atoms with van der Waals surface area (Å²) in [4.78, 5) is 28.5. The summed E-state index contributed by atoms with van der Waals surface area (Å²) >= 11 is 0. The molecule has 0 unspecified atom stereocenters. The number of carbonyl (C=O) groups is 2. The fourth-order valence-electron chi connectivity index (χ4n) is 4.09. The first kappa shape index (κ1) is 22.4. The molecule has 0 radical (unpaired) electrons. The van der Waals surface area contributed by atoms with E-state index in [1.54, 1.807) is 30.1 Å². The van der Waals surface area contributed by atoms with Crippen molar-refractivity contribution in [3.63, 3.8) is 0 Å². The summed E-state index contributed by atoms with van der Waals surface area (Å²) in [7, 11) is 1.75. The van der Waals surface area contributed by atoms with Gasteiger partial charge in [0.25, 0.3) is 5.91 Å². The lowest BCUT2D eigenvalue weighted by Crippen LogP contribution is -2.41. The Morgan fingerprint density at radius 2 is 1.87 bits per heavy atom. The van der Waals surface area contributed by atoms with Gasteiger partial charge in [0, 0.05) is 33.1 Å². The number of nitrogens with zero attached hydrogens (tertiary/aromatic N) is 2. The van der Waals surface area contributed by atoms with Gasteiger partial charge in [0.05, 0.1) is 5.57 Å². The van der Waals surface area contributed by atoms with Crippen LogP contribution in [0.4, 0.5) is 0 Å². The molecular weight excluding hydrogens is 390 g/mol. The molecule has 6 nitrogen and oxygen atoms in total. The molecule has 31 heavy (non-hydrogen) atoms. The first-order chi connectivity index (χ1) is 15.0. The Bertz CT molecular complexity index is 919. The summed E-state index contributed by atoms with van der Waals surface area (Å²) < 4.78 is 0. The van der Waals surface area contributed by atoms with E-state index in [4.69, 9.17) is 0 Å². The van der Waals surface area contributed by atoms with Crippen molar-refractivity contribution in [3.05, 3.63) is 77.1 Å². The minimum absolute atomic E-state index is 0.125. The summed E-state index contributed by atoms with van der Waals surface area (Å²) in [5, 5.41) is 12.7. The Kier molecular flexibility index (Phi) is 7.70. The fraction of sp³-hybridized carbons (Fsp3) is 0.360. The Morgan fingerprint density at radius 3 is 2.48 bits per heavy atom. The van der Waals surface area contributed by atoms with Gasteiger partial charge in [-0.25, -0.2) is 0 Å². The number of likely N-dealkylation sites (tertiary alicyclic amines) is 1. The second kappa shape index (κ2) is 10.7. The molecule has 6 heteroatoms. The lowest BCUT2D eigenvalue weighted by atomic mass is 9.89. The highest BCUT2D eigenvalue weighted by molar-refractivity contribution is 5.94. The van der Waals surface area contributed by atoms with E-state index < -0.39 is 0 Å². The molecular formula is C25H31N3O3. The van der Waals surface area contributed by atoms with E-state index in [0.29, 0.717) is 36.7 Å². The van der Waals surface area contributed by atoms with Crippen LogP contribution >= 0.6 is 0 Å². The van der Waals surface area contributed by atoms with Crippen LogP contribution in [0.5, 0.6) is 5.75 Å². The molecule has 0 aliphatic carbocycles. The molecule has 2 amide bonds. The lowest BCUT2D eigenvalue weighted by molar-refractivity contribution is -0.126. The van der Waals surface area contributed by atoms with Crippen LogP contribution in [-0.4, -0.2) is 53.9 Å². The number of hydrogen-bond donors (Lipinski definition) is 2. The van der Waals surface area contributed by atoms with Crippen molar-refractivity contribution in [1.29, 1.82) is 0 Å². The predicted octanol–water partition coefficient (Wildman–Crippen LogP) is 3.25. The highest BCUT2D eigenvalue weighted by Gasteiger charge is 2.27. The number of carbonyl (C=O) groups excluding carboxylic acids is 2. The second-order valence-corrected chi connectivity index (χ2v) is 7.93. The summed E-state index contributed by atoms with van der Waals surface area (Å²) in [5.74, 6) is 1.07. The zero-order chi connectivity index (χ0) is 22.2. The van der Waals surface area contributed by atoms with Crippen molar-refractivity contribution in [3.8, 4) is 5.75 Å². The van der Waals surface area contributed by atoms with Gasteiger partial charge in [0.1, 0.15) is 11.6 Å². The van der Waals surface area contributed by atoms with E-state index in [2.05, 4.69) is 34.5 Å². The van der Waals surface area contributed by atoms with Crippen molar-refractivity contribution >= 4 is 12.3 Å². The molecule has 1 heterocycles. The van der Waals surface area contributed by atoms with Gasteiger partial charge in [-0.1, -0.05) is 42.5 Å². The van der Waals surface area contributed by atoms with Gasteiger partial charge in [-0.05, 0) is 48.9 Å². The number of phenolic OH excluding ortho intramolecular Hbond substituents is 1. The van der Waals surface area contributed by atoms with Crippen molar-refractivity contribution in [2.24, 2.45) is 0 Å². The summed E-state index contributed by atoms with van der Waals surface area (Å²) in [6.07, 6.45) is 2.86. The number of aromatic hydroxyl groups is 1. The molecule has 1 aliphatic rings. The molecule has 0 spiro atoms. The Hall–Kier alpha value is -3.28. The molecule has 0 saturated carbocycles. The quantitative estimate of drug-likeness (QED) is 0.507. The summed E-state index contributed by atoms with van der Waals surface area (Å²) in [6.45, 7) is 3.99. The van der Waals surface area contributed by atoms with Crippen LogP contribution in [0.1, 0.15) is 36.8 Å². The van der Waals surface area contributed by atoms with E-state index in [-0.39, 0.29) is 11.7 Å². The van der Waals surface area contributed by atoms with Gasteiger partial charge < -0.3 is 20.2 Å². The average Bonchev–Trinajstić information content (AvgIpc) is 2.81. The first-order valence-corrected chi connectivity index (χ1v) is 10.8. The maximum Gasteiger partial charge on any atom is 0.253 e. The Balaban J connectivity index is 1.90. The third-order valence-electron chi connectivity index (χ3n) is 5.93. The topological polar surface area (TPSA) is 72.9 Å². The van der Waals surface area contributed by atoms with Crippen molar-refractivity contribution < 1.29 is 14.7 Å². The number of nitrogens with one attached hydrogen (secondary N) is 1.